The van der Waals surface area contributed by atoms with E-state index in [2.05, 4.69) is 4.98 Å². The van der Waals surface area contributed by atoms with E-state index in [0.717, 1.165) is 21.2 Å². The molecule has 0 aliphatic rings. The SMILES string of the molecule is CN(Cc1cccc(F)c1)S(=O)(=O)c1scnc1C(=O)O. The van der Waals surface area contributed by atoms with Crippen molar-refractivity contribution in [3.63, 3.8) is 0 Å². The highest BCUT2D eigenvalue weighted by molar-refractivity contribution is 7.91. The van der Waals surface area contributed by atoms with Crippen molar-refractivity contribution >= 4 is 27.3 Å². The van der Waals surface area contributed by atoms with Crippen LogP contribution in [0.4, 0.5) is 4.39 Å². The summed E-state index contributed by atoms with van der Waals surface area (Å²) in [6, 6.07) is 5.53. The van der Waals surface area contributed by atoms with Crippen molar-refractivity contribution in [1.29, 1.82) is 0 Å². The zero-order valence-corrected chi connectivity index (χ0v) is 12.5. The van der Waals surface area contributed by atoms with E-state index in [1.165, 1.54) is 25.2 Å². The lowest BCUT2D eigenvalue weighted by atomic mass is 10.2. The maximum Gasteiger partial charge on any atom is 0.356 e. The van der Waals surface area contributed by atoms with Crippen LogP contribution in [0.3, 0.4) is 0 Å². The molecule has 21 heavy (non-hydrogen) atoms. The monoisotopic (exact) mass is 330 g/mol. The maximum absolute atomic E-state index is 13.1. The van der Waals surface area contributed by atoms with Gasteiger partial charge in [-0.25, -0.2) is 22.6 Å². The van der Waals surface area contributed by atoms with Gasteiger partial charge >= 0.3 is 5.97 Å². The van der Waals surface area contributed by atoms with Gasteiger partial charge in [0.1, 0.15) is 5.82 Å². The Balaban J connectivity index is 2.31. The van der Waals surface area contributed by atoms with Crippen LogP contribution in [0.5, 0.6) is 0 Å². The number of thiazole rings is 1. The van der Waals surface area contributed by atoms with E-state index in [-0.39, 0.29) is 10.8 Å². The van der Waals surface area contributed by atoms with Crippen LogP contribution in [0.2, 0.25) is 0 Å². The minimum Gasteiger partial charge on any atom is -0.476 e. The van der Waals surface area contributed by atoms with Crippen LogP contribution in [0.15, 0.2) is 34.0 Å². The van der Waals surface area contributed by atoms with E-state index in [1.807, 2.05) is 0 Å². The highest BCUT2D eigenvalue weighted by Crippen LogP contribution is 2.24. The predicted octanol–water partition coefficient (Wildman–Crippen LogP) is 1.80. The van der Waals surface area contributed by atoms with Crippen LogP contribution in [-0.4, -0.2) is 35.8 Å². The molecule has 1 aromatic heterocycles. The molecule has 2 aromatic rings. The summed E-state index contributed by atoms with van der Waals surface area (Å²) in [5.74, 6) is -1.88. The van der Waals surface area contributed by atoms with Crippen LogP contribution in [-0.2, 0) is 16.6 Å². The number of rotatable bonds is 5. The van der Waals surface area contributed by atoms with Crippen molar-refractivity contribution in [1.82, 2.24) is 9.29 Å². The van der Waals surface area contributed by atoms with Crippen molar-refractivity contribution < 1.29 is 22.7 Å². The Morgan fingerprint density at radius 3 is 2.81 bits per heavy atom. The number of aromatic nitrogens is 1. The number of carboxylic acids is 1. The number of nitrogens with zero attached hydrogens (tertiary/aromatic N) is 2. The average molecular weight is 330 g/mol. The molecular formula is C12H11FN2O4S2. The molecule has 0 unspecified atom stereocenters. The molecule has 0 spiro atoms. The standard InChI is InChI=1S/C12H11FN2O4S2/c1-15(6-8-3-2-4-9(13)5-8)21(18,19)12-10(11(16)17)14-7-20-12/h2-5,7H,6H2,1H3,(H,16,17). The lowest BCUT2D eigenvalue weighted by Crippen LogP contribution is -2.27. The smallest absolute Gasteiger partial charge is 0.356 e. The Kier molecular flexibility index (Phi) is 4.35. The molecular weight excluding hydrogens is 319 g/mol. The third-order valence-electron chi connectivity index (χ3n) is 2.68. The fourth-order valence-corrected chi connectivity index (χ4v) is 4.17. The van der Waals surface area contributed by atoms with Gasteiger partial charge in [-0.15, -0.1) is 11.3 Å². The lowest BCUT2D eigenvalue weighted by Gasteiger charge is -2.16. The lowest BCUT2D eigenvalue weighted by molar-refractivity contribution is 0.0687. The molecule has 0 radical (unpaired) electrons. The van der Waals surface area contributed by atoms with Crippen molar-refractivity contribution in [2.24, 2.45) is 0 Å². The molecule has 0 aliphatic heterocycles. The Hall–Kier alpha value is -1.84. The Morgan fingerprint density at radius 1 is 1.48 bits per heavy atom. The first kappa shape index (κ1) is 15.5. The van der Waals surface area contributed by atoms with Crippen LogP contribution < -0.4 is 0 Å². The van der Waals surface area contributed by atoms with E-state index < -0.39 is 27.5 Å². The first-order valence-corrected chi connectivity index (χ1v) is 8.02. The van der Waals surface area contributed by atoms with E-state index in [1.54, 1.807) is 6.07 Å². The number of aromatic carboxylic acids is 1. The summed E-state index contributed by atoms with van der Waals surface area (Å²) >= 11 is 0.731. The number of hydrogen-bond acceptors (Lipinski definition) is 5. The Labute approximate surface area is 124 Å². The number of carbonyl (C=O) groups is 1. The normalized spacial score (nSPS) is 11.8. The van der Waals surface area contributed by atoms with Gasteiger partial charge in [-0.1, -0.05) is 12.1 Å². The largest absolute Gasteiger partial charge is 0.476 e. The number of sulfonamides is 1. The number of hydrogen-bond donors (Lipinski definition) is 1. The average Bonchev–Trinajstić information content (AvgIpc) is 2.88. The Bertz CT molecular complexity index is 773. The summed E-state index contributed by atoms with van der Waals surface area (Å²) in [6.07, 6.45) is 0. The van der Waals surface area contributed by atoms with E-state index >= 15 is 0 Å². The van der Waals surface area contributed by atoms with Gasteiger partial charge in [0.2, 0.25) is 0 Å². The molecule has 1 aromatic carbocycles. The predicted molar refractivity (Wildman–Crippen MR) is 74.1 cm³/mol. The second-order valence-electron chi connectivity index (χ2n) is 4.18. The van der Waals surface area contributed by atoms with Gasteiger partial charge in [-0.2, -0.15) is 4.31 Å². The topological polar surface area (TPSA) is 87.6 Å². The third kappa shape index (κ3) is 3.26. The summed E-state index contributed by atoms with van der Waals surface area (Å²) in [5, 5.41) is 8.94. The minimum absolute atomic E-state index is 0.0724. The van der Waals surface area contributed by atoms with Crippen LogP contribution in [0.25, 0.3) is 0 Å². The Morgan fingerprint density at radius 2 is 2.19 bits per heavy atom. The fraction of sp³-hybridized carbons (Fsp3) is 0.167. The minimum atomic E-state index is -4.00. The summed E-state index contributed by atoms with van der Waals surface area (Å²) < 4.78 is 38.4. The van der Waals surface area contributed by atoms with Crippen LogP contribution >= 0.6 is 11.3 Å². The summed E-state index contributed by atoms with van der Waals surface area (Å²) in [6.45, 7) is -0.0724. The van der Waals surface area contributed by atoms with Gasteiger partial charge in [0.25, 0.3) is 10.0 Å². The molecule has 0 bridgehead atoms. The summed E-state index contributed by atoms with van der Waals surface area (Å²) in [7, 11) is -2.70. The fourth-order valence-electron chi connectivity index (χ4n) is 1.68. The van der Waals surface area contributed by atoms with E-state index in [9.17, 15) is 17.6 Å². The van der Waals surface area contributed by atoms with Gasteiger partial charge in [-0.05, 0) is 17.7 Å². The quantitative estimate of drug-likeness (QED) is 0.903. The molecule has 0 saturated carbocycles. The highest BCUT2D eigenvalue weighted by atomic mass is 32.2. The van der Waals surface area contributed by atoms with Crippen molar-refractivity contribution in [2.75, 3.05) is 7.05 Å². The van der Waals surface area contributed by atoms with Crippen LogP contribution in [0.1, 0.15) is 16.1 Å². The van der Waals surface area contributed by atoms with E-state index in [4.69, 9.17) is 5.11 Å². The van der Waals surface area contributed by atoms with Gasteiger partial charge in [0, 0.05) is 13.6 Å². The number of carboxylic acid groups (broad SMARTS) is 1. The van der Waals surface area contributed by atoms with Gasteiger partial charge < -0.3 is 5.11 Å². The molecule has 112 valence electrons. The highest BCUT2D eigenvalue weighted by Gasteiger charge is 2.29. The van der Waals surface area contributed by atoms with Crippen molar-refractivity contribution in [2.45, 2.75) is 10.8 Å². The molecule has 0 fully saturated rings. The van der Waals surface area contributed by atoms with Crippen LogP contribution in [0, 0.1) is 5.82 Å². The second kappa shape index (κ2) is 5.88. The van der Waals surface area contributed by atoms with Crippen molar-refractivity contribution in [3.8, 4) is 0 Å². The third-order valence-corrected chi connectivity index (χ3v) is 5.83. The molecule has 6 nitrogen and oxygen atoms in total. The first-order valence-electron chi connectivity index (χ1n) is 5.70. The van der Waals surface area contributed by atoms with E-state index in [0.29, 0.717) is 5.56 Å². The van der Waals surface area contributed by atoms with Crippen molar-refractivity contribution in [3.05, 3.63) is 46.9 Å². The second-order valence-corrected chi connectivity index (χ2v) is 7.28. The maximum atomic E-state index is 13.1. The molecule has 0 amide bonds. The van der Waals surface area contributed by atoms with Gasteiger partial charge in [0.15, 0.2) is 9.90 Å². The molecule has 0 atom stereocenters. The summed E-state index contributed by atoms with van der Waals surface area (Å²) in [4.78, 5) is 14.5. The zero-order valence-electron chi connectivity index (χ0n) is 10.9. The first-order chi connectivity index (χ1) is 9.82. The number of benzene rings is 1. The van der Waals surface area contributed by atoms with Gasteiger partial charge in [0.05, 0.1) is 5.51 Å². The summed E-state index contributed by atoms with van der Waals surface area (Å²) in [5.41, 5.74) is 1.11. The zero-order chi connectivity index (χ0) is 15.6. The molecule has 0 aliphatic carbocycles. The number of halogens is 1. The molecule has 1 N–H and O–H groups in total. The molecule has 9 heteroatoms. The van der Waals surface area contributed by atoms with Gasteiger partial charge in [-0.3, -0.25) is 0 Å². The molecule has 0 saturated heterocycles. The molecule has 1 heterocycles. The molecule has 2 rings (SSSR count).